The summed E-state index contributed by atoms with van der Waals surface area (Å²) >= 11 is 0. The molecule has 0 radical (unpaired) electrons. The molecule has 1 amide bonds. The van der Waals surface area contributed by atoms with Gasteiger partial charge in [-0.15, -0.1) is 0 Å². The Morgan fingerprint density at radius 1 is 1.36 bits per heavy atom. The van der Waals surface area contributed by atoms with E-state index in [1.807, 2.05) is 24.3 Å². The fourth-order valence-electron chi connectivity index (χ4n) is 3.33. The van der Waals surface area contributed by atoms with Crippen LogP contribution in [0.4, 0.5) is 0 Å². The van der Waals surface area contributed by atoms with Gasteiger partial charge >= 0.3 is 5.97 Å². The molecular formula is C20H25NO4. The fraction of sp³-hybridized carbons (Fsp3) is 0.500. The Balaban J connectivity index is 2.31. The van der Waals surface area contributed by atoms with Crippen LogP contribution >= 0.6 is 0 Å². The number of ether oxygens (including phenoxy) is 2. The van der Waals surface area contributed by atoms with Gasteiger partial charge < -0.3 is 14.4 Å². The number of methoxy groups -OCH3 is 1. The number of carbonyl (C=O) groups is 2. The average Bonchev–Trinajstić information content (AvgIpc) is 2.62. The summed E-state index contributed by atoms with van der Waals surface area (Å²) in [4.78, 5) is 26.6. The first-order chi connectivity index (χ1) is 12.0. The molecule has 5 nitrogen and oxygen atoms in total. The molecule has 1 saturated heterocycles. The molecule has 1 atom stereocenters. The SMILES string of the molecule is CC#CC(=O)N1CCC[C@](Cc2cccc(OC)c2)(C(=O)OCC)C1. The third-order valence-corrected chi connectivity index (χ3v) is 4.48. The van der Waals surface area contributed by atoms with Gasteiger partial charge in [-0.1, -0.05) is 18.1 Å². The third kappa shape index (κ3) is 4.54. The molecule has 1 aliphatic heterocycles. The normalized spacial score (nSPS) is 19.6. The highest BCUT2D eigenvalue weighted by atomic mass is 16.5. The highest BCUT2D eigenvalue weighted by Gasteiger charge is 2.44. The second kappa shape index (κ2) is 8.57. The molecule has 5 heteroatoms. The lowest BCUT2D eigenvalue weighted by atomic mass is 9.75. The van der Waals surface area contributed by atoms with E-state index in [0.29, 0.717) is 32.5 Å². The lowest BCUT2D eigenvalue weighted by molar-refractivity contribution is -0.160. The number of hydrogen-bond acceptors (Lipinski definition) is 4. The molecule has 0 saturated carbocycles. The second-order valence-electron chi connectivity index (χ2n) is 6.23. The predicted octanol–water partition coefficient (Wildman–Crippen LogP) is 2.43. The van der Waals surface area contributed by atoms with Crippen LogP contribution in [0.5, 0.6) is 5.75 Å². The predicted molar refractivity (Wildman–Crippen MR) is 95.0 cm³/mol. The van der Waals surface area contributed by atoms with Gasteiger partial charge in [0.15, 0.2) is 0 Å². The quantitative estimate of drug-likeness (QED) is 0.609. The summed E-state index contributed by atoms with van der Waals surface area (Å²) in [5.41, 5.74) is 0.245. The number of amides is 1. The van der Waals surface area contributed by atoms with E-state index in [1.165, 1.54) is 0 Å². The molecule has 0 aliphatic carbocycles. The second-order valence-corrected chi connectivity index (χ2v) is 6.23. The first-order valence-electron chi connectivity index (χ1n) is 8.56. The lowest BCUT2D eigenvalue weighted by Crippen LogP contribution is -2.51. The van der Waals surface area contributed by atoms with Crippen molar-refractivity contribution >= 4 is 11.9 Å². The largest absolute Gasteiger partial charge is 0.497 e. The van der Waals surface area contributed by atoms with E-state index < -0.39 is 5.41 Å². The van der Waals surface area contributed by atoms with Gasteiger partial charge in [0.05, 0.1) is 19.1 Å². The number of piperidine rings is 1. The van der Waals surface area contributed by atoms with Crippen molar-refractivity contribution in [3.05, 3.63) is 29.8 Å². The van der Waals surface area contributed by atoms with Crippen molar-refractivity contribution in [2.75, 3.05) is 26.8 Å². The van der Waals surface area contributed by atoms with E-state index in [9.17, 15) is 9.59 Å². The molecule has 1 aromatic rings. The number of likely N-dealkylation sites (tertiary alicyclic amines) is 1. The fourth-order valence-corrected chi connectivity index (χ4v) is 3.33. The van der Waals surface area contributed by atoms with E-state index >= 15 is 0 Å². The minimum atomic E-state index is -0.744. The molecule has 0 spiro atoms. The monoisotopic (exact) mass is 343 g/mol. The molecule has 0 N–H and O–H groups in total. The van der Waals surface area contributed by atoms with Gasteiger partial charge in [-0.3, -0.25) is 9.59 Å². The van der Waals surface area contributed by atoms with Crippen LogP contribution in [0.2, 0.25) is 0 Å². The summed E-state index contributed by atoms with van der Waals surface area (Å²) in [5.74, 6) is 5.47. The van der Waals surface area contributed by atoms with Gasteiger partial charge in [-0.25, -0.2) is 0 Å². The summed E-state index contributed by atoms with van der Waals surface area (Å²) in [6, 6.07) is 7.67. The van der Waals surface area contributed by atoms with Crippen LogP contribution in [0.15, 0.2) is 24.3 Å². The first-order valence-corrected chi connectivity index (χ1v) is 8.56. The van der Waals surface area contributed by atoms with E-state index in [1.54, 1.807) is 25.9 Å². The van der Waals surface area contributed by atoms with Crippen LogP contribution in [-0.4, -0.2) is 43.6 Å². The van der Waals surface area contributed by atoms with Gasteiger partial charge in [0.2, 0.25) is 0 Å². The number of benzene rings is 1. The summed E-state index contributed by atoms with van der Waals surface area (Å²) in [6.45, 7) is 4.70. The van der Waals surface area contributed by atoms with Crippen LogP contribution in [0.3, 0.4) is 0 Å². The van der Waals surface area contributed by atoms with Crippen molar-refractivity contribution in [2.24, 2.45) is 5.41 Å². The standard InChI is InChI=1S/C20H25NO4/c1-4-8-18(22)21-12-7-11-20(15-21,19(23)25-5-2)14-16-9-6-10-17(13-16)24-3/h6,9-10,13H,5,7,11-12,14-15H2,1-3H3/t20-/m1/s1. The third-order valence-electron chi connectivity index (χ3n) is 4.48. The lowest BCUT2D eigenvalue weighted by Gasteiger charge is -2.40. The minimum Gasteiger partial charge on any atom is -0.497 e. The first kappa shape index (κ1) is 18.9. The molecule has 1 fully saturated rings. The Bertz CT molecular complexity index is 688. The average molecular weight is 343 g/mol. The van der Waals surface area contributed by atoms with Crippen molar-refractivity contribution in [3.8, 4) is 17.6 Å². The summed E-state index contributed by atoms with van der Waals surface area (Å²) in [6.07, 6.45) is 1.94. The topological polar surface area (TPSA) is 55.8 Å². The molecule has 134 valence electrons. The summed E-state index contributed by atoms with van der Waals surface area (Å²) < 4.78 is 10.6. The van der Waals surface area contributed by atoms with Crippen LogP contribution in [0.25, 0.3) is 0 Å². The van der Waals surface area contributed by atoms with E-state index in [0.717, 1.165) is 17.7 Å². The Morgan fingerprint density at radius 3 is 2.84 bits per heavy atom. The van der Waals surface area contributed by atoms with Crippen molar-refractivity contribution in [1.82, 2.24) is 4.90 Å². The minimum absolute atomic E-state index is 0.235. The van der Waals surface area contributed by atoms with Crippen LogP contribution < -0.4 is 4.74 Å². The Morgan fingerprint density at radius 2 is 2.16 bits per heavy atom. The molecule has 0 unspecified atom stereocenters. The molecular weight excluding hydrogens is 318 g/mol. The molecule has 2 rings (SSSR count). The van der Waals surface area contributed by atoms with Gasteiger partial charge in [0, 0.05) is 13.1 Å². The smallest absolute Gasteiger partial charge is 0.314 e. The Labute approximate surface area is 149 Å². The highest BCUT2D eigenvalue weighted by Crippen LogP contribution is 2.36. The van der Waals surface area contributed by atoms with E-state index in [-0.39, 0.29) is 11.9 Å². The van der Waals surface area contributed by atoms with Crippen molar-refractivity contribution < 1.29 is 19.1 Å². The maximum atomic E-state index is 12.8. The van der Waals surface area contributed by atoms with Crippen LogP contribution in [0, 0.1) is 17.3 Å². The molecule has 1 aliphatic rings. The maximum Gasteiger partial charge on any atom is 0.314 e. The summed E-state index contributed by atoms with van der Waals surface area (Å²) in [7, 11) is 1.62. The van der Waals surface area contributed by atoms with E-state index in [2.05, 4.69) is 11.8 Å². The van der Waals surface area contributed by atoms with E-state index in [4.69, 9.17) is 9.47 Å². The van der Waals surface area contributed by atoms with Crippen molar-refractivity contribution in [3.63, 3.8) is 0 Å². The zero-order chi connectivity index (χ0) is 18.3. The summed E-state index contributed by atoms with van der Waals surface area (Å²) in [5, 5.41) is 0. The van der Waals surface area contributed by atoms with Crippen molar-refractivity contribution in [1.29, 1.82) is 0 Å². The highest BCUT2D eigenvalue weighted by molar-refractivity contribution is 5.94. The maximum absolute atomic E-state index is 12.8. The molecule has 25 heavy (non-hydrogen) atoms. The number of carbonyl (C=O) groups excluding carboxylic acids is 2. The van der Waals surface area contributed by atoms with Gasteiger partial charge in [0.1, 0.15) is 5.75 Å². The molecule has 1 heterocycles. The van der Waals surface area contributed by atoms with Gasteiger partial charge in [0.25, 0.3) is 5.91 Å². The zero-order valence-corrected chi connectivity index (χ0v) is 15.1. The number of hydrogen-bond donors (Lipinski definition) is 0. The van der Waals surface area contributed by atoms with Gasteiger partial charge in [-0.2, -0.15) is 0 Å². The molecule has 1 aromatic carbocycles. The van der Waals surface area contributed by atoms with Crippen molar-refractivity contribution in [2.45, 2.75) is 33.1 Å². The zero-order valence-electron chi connectivity index (χ0n) is 15.1. The number of esters is 1. The van der Waals surface area contributed by atoms with Gasteiger partial charge in [-0.05, 0) is 56.7 Å². The Hall–Kier alpha value is -2.48. The van der Waals surface area contributed by atoms with Crippen LogP contribution in [-0.2, 0) is 20.7 Å². The Kier molecular flexibility index (Phi) is 6.46. The molecule has 0 aromatic heterocycles. The molecule has 0 bridgehead atoms. The van der Waals surface area contributed by atoms with Crippen LogP contribution in [0.1, 0.15) is 32.3 Å². The number of nitrogens with zero attached hydrogens (tertiary/aromatic N) is 1. The number of rotatable bonds is 5.